The van der Waals surface area contributed by atoms with Crippen molar-refractivity contribution >= 4 is 12.4 Å². The average Bonchev–Trinajstić information content (AvgIpc) is 3.14. The number of nitrogens with one attached hydrogen (secondary N) is 1. The Morgan fingerprint density at radius 3 is 2.25 bits per heavy atom. The summed E-state index contributed by atoms with van der Waals surface area (Å²) in [7, 11) is 0. The van der Waals surface area contributed by atoms with E-state index in [2.05, 4.69) is 5.32 Å². The molecule has 164 valence electrons. The molecule has 3 aromatic rings. The minimum atomic E-state index is -1.58. The molecule has 0 heterocycles. The highest BCUT2D eigenvalue weighted by molar-refractivity contribution is 5.79. The molecule has 0 fully saturated rings. The summed E-state index contributed by atoms with van der Waals surface area (Å²) >= 11 is 0. The number of benzene rings is 3. The van der Waals surface area contributed by atoms with Crippen LogP contribution in [0.4, 0.5) is 9.18 Å². The molecule has 32 heavy (non-hydrogen) atoms. The van der Waals surface area contributed by atoms with E-state index in [-0.39, 0.29) is 30.2 Å². The van der Waals surface area contributed by atoms with Crippen LogP contribution in [0.3, 0.4) is 0 Å². The van der Waals surface area contributed by atoms with Crippen molar-refractivity contribution in [3.05, 3.63) is 94.8 Å². The number of aldehydes is 1. The predicted octanol–water partition coefficient (Wildman–Crippen LogP) is 3.57. The van der Waals surface area contributed by atoms with Crippen LogP contribution in [-0.4, -0.2) is 41.8 Å². The summed E-state index contributed by atoms with van der Waals surface area (Å²) in [6.45, 7) is -0.229. The first kappa shape index (κ1) is 21.7. The summed E-state index contributed by atoms with van der Waals surface area (Å²) < 4.78 is 19.4. The molecule has 0 radical (unpaired) electrons. The lowest BCUT2D eigenvalue weighted by atomic mass is 9.98. The number of rotatable bonds is 7. The summed E-state index contributed by atoms with van der Waals surface area (Å²) in [5.41, 5.74) is 4.32. The lowest BCUT2D eigenvalue weighted by Gasteiger charge is -2.20. The second-order valence-electron chi connectivity index (χ2n) is 7.62. The maximum Gasteiger partial charge on any atom is 0.407 e. The molecule has 0 saturated carbocycles. The van der Waals surface area contributed by atoms with Crippen molar-refractivity contribution in [1.82, 2.24) is 5.32 Å². The molecule has 0 bridgehead atoms. The minimum absolute atomic E-state index is 0.103. The lowest BCUT2D eigenvalue weighted by molar-refractivity contribution is 0.0165. The minimum Gasteiger partial charge on any atom is -0.449 e. The number of carbonyl (C=O) groups is 2. The molecule has 1 amide bonds. The monoisotopic (exact) mass is 435 g/mol. The molecule has 4 rings (SSSR count). The van der Waals surface area contributed by atoms with E-state index in [0.717, 1.165) is 28.3 Å². The fraction of sp³-hybridized carbons (Fsp3) is 0.200. The second-order valence-corrected chi connectivity index (χ2v) is 7.62. The van der Waals surface area contributed by atoms with Crippen molar-refractivity contribution in [2.45, 2.75) is 18.1 Å². The molecule has 6 nitrogen and oxygen atoms in total. The van der Waals surface area contributed by atoms with Gasteiger partial charge in [0.05, 0.1) is 0 Å². The molecular formula is C25H22FNO5. The van der Waals surface area contributed by atoms with E-state index >= 15 is 0 Å². The molecule has 0 spiro atoms. The second kappa shape index (κ2) is 9.30. The van der Waals surface area contributed by atoms with Gasteiger partial charge in [-0.3, -0.25) is 4.79 Å². The normalized spacial score (nSPS) is 14.2. The maximum absolute atomic E-state index is 14.0. The Bertz CT molecular complexity index is 1100. The zero-order chi connectivity index (χ0) is 22.7. The average molecular weight is 435 g/mol. The molecule has 7 heteroatoms. The Balaban J connectivity index is 1.34. The first-order valence-electron chi connectivity index (χ1n) is 10.2. The van der Waals surface area contributed by atoms with Crippen LogP contribution in [-0.2, 0) is 4.74 Å². The third-order valence-corrected chi connectivity index (χ3v) is 5.64. The number of halogens is 1. The van der Waals surface area contributed by atoms with E-state index in [1.54, 1.807) is 0 Å². The van der Waals surface area contributed by atoms with Gasteiger partial charge in [0.25, 0.3) is 0 Å². The molecule has 0 saturated heterocycles. The Hall–Kier alpha value is -3.55. The number of hydrogen-bond acceptors (Lipinski definition) is 5. The zero-order valence-corrected chi connectivity index (χ0v) is 17.1. The van der Waals surface area contributed by atoms with Crippen LogP contribution in [0.15, 0.2) is 66.7 Å². The Labute approximate surface area is 184 Å². The standard InChI is InChI=1S/C25H22FNO5/c26-22-11-15(13-28)9-10-20(22)24(30)23(29)12-27-25(31)32-14-21-18-7-3-1-5-16(18)17-6-2-4-8-19(17)21/h1-11,13,21,23-24,29-30H,12,14H2,(H,27,31). The summed E-state index contributed by atoms with van der Waals surface area (Å²) in [5, 5.41) is 22.7. The van der Waals surface area contributed by atoms with Crippen LogP contribution in [0.5, 0.6) is 0 Å². The fourth-order valence-corrected chi connectivity index (χ4v) is 4.01. The van der Waals surface area contributed by atoms with E-state index in [0.29, 0.717) is 6.29 Å². The summed E-state index contributed by atoms with van der Waals surface area (Å²) in [6, 6.07) is 19.4. The fourth-order valence-electron chi connectivity index (χ4n) is 4.01. The smallest absolute Gasteiger partial charge is 0.407 e. The number of alkyl carbamates (subject to hydrolysis) is 1. The molecule has 2 unspecified atom stereocenters. The van der Waals surface area contributed by atoms with Crippen LogP contribution in [0.25, 0.3) is 11.1 Å². The number of fused-ring (bicyclic) bond motifs is 3. The van der Waals surface area contributed by atoms with Gasteiger partial charge in [-0.15, -0.1) is 0 Å². The lowest BCUT2D eigenvalue weighted by Crippen LogP contribution is -2.36. The van der Waals surface area contributed by atoms with Gasteiger partial charge in [-0.25, -0.2) is 9.18 Å². The molecule has 0 aromatic heterocycles. The first-order valence-corrected chi connectivity index (χ1v) is 10.2. The van der Waals surface area contributed by atoms with Crippen molar-refractivity contribution < 1.29 is 28.9 Å². The van der Waals surface area contributed by atoms with Crippen molar-refractivity contribution in [3.63, 3.8) is 0 Å². The number of ether oxygens (including phenoxy) is 1. The SMILES string of the molecule is O=Cc1ccc(C(O)C(O)CNC(=O)OCC2c3ccccc3-c3ccccc32)c(F)c1. The zero-order valence-electron chi connectivity index (χ0n) is 17.1. The molecule has 1 aliphatic carbocycles. The van der Waals surface area contributed by atoms with Crippen LogP contribution < -0.4 is 5.32 Å². The predicted molar refractivity (Wildman–Crippen MR) is 116 cm³/mol. The Kier molecular flexibility index (Phi) is 6.30. The number of amides is 1. The molecular weight excluding hydrogens is 413 g/mol. The van der Waals surface area contributed by atoms with E-state index in [4.69, 9.17) is 4.74 Å². The summed E-state index contributed by atoms with van der Waals surface area (Å²) in [5.74, 6) is -0.920. The topological polar surface area (TPSA) is 95.9 Å². The first-order chi connectivity index (χ1) is 15.5. The van der Waals surface area contributed by atoms with Crippen molar-refractivity contribution in [2.24, 2.45) is 0 Å². The van der Waals surface area contributed by atoms with E-state index < -0.39 is 24.1 Å². The molecule has 2 atom stereocenters. The number of aliphatic hydroxyl groups excluding tert-OH is 2. The van der Waals surface area contributed by atoms with Crippen LogP contribution >= 0.6 is 0 Å². The van der Waals surface area contributed by atoms with Gasteiger partial charge < -0.3 is 20.3 Å². The Morgan fingerprint density at radius 1 is 1.03 bits per heavy atom. The van der Waals surface area contributed by atoms with Gasteiger partial charge in [-0.2, -0.15) is 0 Å². The maximum atomic E-state index is 14.0. The van der Waals surface area contributed by atoms with Gasteiger partial charge in [-0.1, -0.05) is 60.7 Å². The highest BCUT2D eigenvalue weighted by Gasteiger charge is 2.29. The quantitative estimate of drug-likeness (QED) is 0.493. The van der Waals surface area contributed by atoms with Crippen LogP contribution in [0.2, 0.25) is 0 Å². The van der Waals surface area contributed by atoms with Crippen molar-refractivity contribution in [2.75, 3.05) is 13.2 Å². The van der Waals surface area contributed by atoms with Gasteiger partial charge in [-0.05, 0) is 28.3 Å². The summed E-state index contributed by atoms with van der Waals surface area (Å²) in [6.07, 6.45) is -3.32. The summed E-state index contributed by atoms with van der Waals surface area (Å²) in [4.78, 5) is 22.9. The third kappa shape index (κ3) is 4.26. The largest absolute Gasteiger partial charge is 0.449 e. The van der Waals surface area contributed by atoms with E-state index in [1.807, 2.05) is 48.5 Å². The highest BCUT2D eigenvalue weighted by Crippen LogP contribution is 2.44. The van der Waals surface area contributed by atoms with Gasteiger partial charge >= 0.3 is 6.09 Å². The molecule has 0 aliphatic heterocycles. The van der Waals surface area contributed by atoms with Gasteiger partial charge in [0.2, 0.25) is 0 Å². The molecule has 3 aromatic carbocycles. The number of carbonyl (C=O) groups excluding carboxylic acids is 2. The number of aliphatic hydroxyl groups is 2. The van der Waals surface area contributed by atoms with Gasteiger partial charge in [0.15, 0.2) is 0 Å². The highest BCUT2D eigenvalue weighted by atomic mass is 19.1. The van der Waals surface area contributed by atoms with Crippen molar-refractivity contribution in [1.29, 1.82) is 0 Å². The Morgan fingerprint density at radius 2 is 1.66 bits per heavy atom. The van der Waals surface area contributed by atoms with Gasteiger partial charge in [0.1, 0.15) is 30.9 Å². The van der Waals surface area contributed by atoms with Gasteiger partial charge in [0, 0.05) is 23.6 Å². The molecule has 3 N–H and O–H groups in total. The van der Waals surface area contributed by atoms with E-state index in [1.165, 1.54) is 12.1 Å². The van der Waals surface area contributed by atoms with Crippen molar-refractivity contribution in [3.8, 4) is 11.1 Å². The van der Waals surface area contributed by atoms with E-state index in [9.17, 15) is 24.2 Å². The molecule has 1 aliphatic rings. The van der Waals surface area contributed by atoms with Crippen LogP contribution in [0.1, 0.15) is 39.1 Å². The third-order valence-electron chi connectivity index (χ3n) is 5.64. The number of hydrogen-bond donors (Lipinski definition) is 3. The van der Waals surface area contributed by atoms with Crippen LogP contribution in [0, 0.1) is 5.82 Å².